The van der Waals surface area contributed by atoms with Gasteiger partial charge in [-0.2, -0.15) is 0 Å². The van der Waals surface area contributed by atoms with E-state index in [2.05, 4.69) is 5.32 Å². The van der Waals surface area contributed by atoms with E-state index >= 15 is 0 Å². The molecule has 17 heavy (non-hydrogen) atoms. The number of carbonyl (C=O) groups excluding carboxylic acids is 1. The van der Waals surface area contributed by atoms with Crippen LogP contribution < -0.4 is 5.32 Å². The lowest BCUT2D eigenvalue weighted by Gasteiger charge is -2.22. The summed E-state index contributed by atoms with van der Waals surface area (Å²) in [6.45, 7) is 1.05. The lowest BCUT2D eigenvalue weighted by atomic mass is 10.0. The number of aliphatic hydroxyl groups is 2. The number of hydrogen-bond donors (Lipinski definition) is 3. The fourth-order valence-electron chi connectivity index (χ4n) is 1.52. The molecule has 1 rings (SSSR count). The Morgan fingerprint density at radius 2 is 2.00 bits per heavy atom. The molecule has 1 aromatic carbocycles. The van der Waals surface area contributed by atoms with Gasteiger partial charge in [0.2, 0.25) is 5.91 Å². The number of carbonyl (C=O) groups is 1. The molecule has 1 aromatic rings. The van der Waals surface area contributed by atoms with Crippen molar-refractivity contribution in [3.8, 4) is 0 Å². The molecule has 0 spiro atoms. The molecule has 0 saturated heterocycles. The molecule has 0 aromatic heterocycles. The quantitative estimate of drug-likeness (QED) is 0.685. The third kappa shape index (κ3) is 4.03. The second kappa shape index (κ2) is 6.64. The minimum Gasteiger partial charge on any atom is -0.394 e. The van der Waals surface area contributed by atoms with E-state index < -0.39 is 12.1 Å². The molecule has 0 saturated carbocycles. The largest absolute Gasteiger partial charge is 0.394 e. The van der Waals surface area contributed by atoms with E-state index in [9.17, 15) is 9.90 Å². The van der Waals surface area contributed by atoms with E-state index in [-0.39, 0.29) is 12.5 Å². The van der Waals surface area contributed by atoms with Gasteiger partial charge in [-0.25, -0.2) is 0 Å². The highest BCUT2D eigenvalue weighted by Crippen LogP contribution is 2.21. The Kier molecular flexibility index (Phi) is 5.47. The number of aliphatic hydroxyl groups excluding tert-OH is 2. The van der Waals surface area contributed by atoms with E-state index in [0.717, 1.165) is 4.90 Å². The maximum Gasteiger partial charge on any atom is 0.217 e. The first-order valence-electron chi connectivity index (χ1n) is 5.28. The van der Waals surface area contributed by atoms with Crippen LogP contribution >= 0.6 is 11.8 Å². The number of nitrogens with one attached hydrogen (secondary N) is 1. The Morgan fingerprint density at radius 3 is 2.41 bits per heavy atom. The Hall–Kier alpha value is -1.04. The molecule has 3 N–H and O–H groups in total. The van der Waals surface area contributed by atoms with Gasteiger partial charge in [0.15, 0.2) is 0 Å². The molecule has 0 bridgehead atoms. The molecule has 94 valence electrons. The maximum atomic E-state index is 10.9. The van der Waals surface area contributed by atoms with Crippen molar-refractivity contribution in [2.24, 2.45) is 0 Å². The normalized spacial score (nSPS) is 14.1. The third-order valence-corrected chi connectivity index (χ3v) is 3.17. The van der Waals surface area contributed by atoms with Crippen molar-refractivity contribution < 1.29 is 15.0 Å². The predicted molar refractivity (Wildman–Crippen MR) is 67.9 cm³/mol. The molecule has 0 fully saturated rings. The zero-order valence-electron chi connectivity index (χ0n) is 9.88. The monoisotopic (exact) mass is 255 g/mol. The van der Waals surface area contributed by atoms with Gasteiger partial charge in [0.05, 0.1) is 12.6 Å². The van der Waals surface area contributed by atoms with Crippen LogP contribution in [0.1, 0.15) is 18.6 Å². The lowest BCUT2D eigenvalue weighted by molar-refractivity contribution is -0.121. The van der Waals surface area contributed by atoms with Crippen molar-refractivity contribution >= 4 is 17.7 Å². The molecule has 0 radical (unpaired) electrons. The SMILES string of the molecule is CSc1ccc([C@H](O)C(CO)NC(C)=O)cc1. The Bertz CT molecular complexity index is 367. The highest BCUT2D eigenvalue weighted by molar-refractivity contribution is 7.98. The number of rotatable bonds is 5. The first-order valence-corrected chi connectivity index (χ1v) is 6.51. The van der Waals surface area contributed by atoms with E-state index in [0.29, 0.717) is 5.56 Å². The molecule has 1 unspecified atom stereocenters. The summed E-state index contributed by atoms with van der Waals surface area (Å²) in [6, 6.07) is 6.70. The van der Waals surface area contributed by atoms with Crippen molar-refractivity contribution in [3.63, 3.8) is 0 Å². The van der Waals surface area contributed by atoms with Gasteiger partial charge in [-0.15, -0.1) is 11.8 Å². The summed E-state index contributed by atoms with van der Waals surface area (Å²) in [5.74, 6) is -0.274. The summed E-state index contributed by atoms with van der Waals surface area (Å²) >= 11 is 1.61. The molecule has 0 aliphatic carbocycles. The minimum atomic E-state index is -0.903. The standard InChI is InChI=1S/C12H17NO3S/c1-8(15)13-11(7-14)12(16)9-3-5-10(17-2)6-4-9/h3-6,11-12,14,16H,7H2,1-2H3,(H,13,15)/t11?,12-/m0/s1. The lowest BCUT2D eigenvalue weighted by Crippen LogP contribution is -2.40. The zero-order chi connectivity index (χ0) is 12.8. The molecule has 0 heterocycles. The average molecular weight is 255 g/mol. The second-order valence-corrected chi connectivity index (χ2v) is 4.59. The van der Waals surface area contributed by atoms with Crippen LogP contribution in [0.15, 0.2) is 29.2 Å². The van der Waals surface area contributed by atoms with Crippen molar-refractivity contribution in [3.05, 3.63) is 29.8 Å². The first-order chi connectivity index (χ1) is 8.08. The molecule has 0 aliphatic rings. The topological polar surface area (TPSA) is 69.6 Å². The molecule has 4 nitrogen and oxygen atoms in total. The minimum absolute atomic E-state index is 0.274. The number of thioether (sulfide) groups is 1. The van der Waals surface area contributed by atoms with Crippen LogP contribution in [0.3, 0.4) is 0 Å². The first kappa shape index (κ1) is 14.0. The summed E-state index contributed by atoms with van der Waals surface area (Å²) in [5.41, 5.74) is 0.676. The summed E-state index contributed by atoms with van der Waals surface area (Å²) in [5, 5.41) is 21.7. The summed E-state index contributed by atoms with van der Waals surface area (Å²) in [7, 11) is 0. The average Bonchev–Trinajstić information content (AvgIpc) is 2.35. The van der Waals surface area contributed by atoms with Crippen LogP contribution in [0.2, 0.25) is 0 Å². The molecule has 2 atom stereocenters. The van der Waals surface area contributed by atoms with Crippen molar-refractivity contribution in [2.45, 2.75) is 24.0 Å². The van der Waals surface area contributed by atoms with Gasteiger partial charge >= 0.3 is 0 Å². The van der Waals surface area contributed by atoms with Gasteiger partial charge in [-0.05, 0) is 24.0 Å². The number of benzene rings is 1. The van der Waals surface area contributed by atoms with Gasteiger partial charge in [0.25, 0.3) is 0 Å². The van der Waals surface area contributed by atoms with Gasteiger partial charge < -0.3 is 15.5 Å². The van der Waals surface area contributed by atoms with Crippen LogP contribution in [0.4, 0.5) is 0 Å². The maximum absolute atomic E-state index is 10.9. The zero-order valence-corrected chi connectivity index (χ0v) is 10.7. The van der Waals surface area contributed by atoms with Crippen LogP contribution in [0.5, 0.6) is 0 Å². The van der Waals surface area contributed by atoms with Gasteiger partial charge in [-0.1, -0.05) is 12.1 Å². The predicted octanol–water partition coefficient (Wildman–Crippen LogP) is 0.939. The Morgan fingerprint density at radius 1 is 1.41 bits per heavy atom. The van der Waals surface area contributed by atoms with Crippen molar-refractivity contribution in [1.29, 1.82) is 0 Å². The number of amides is 1. The highest BCUT2D eigenvalue weighted by Gasteiger charge is 2.20. The molecule has 0 aliphatic heterocycles. The molecular formula is C12H17NO3S. The molecule has 1 amide bonds. The van der Waals surface area contributed by atoms with Gasteiger partial charge in [0, 0.05) is 11.8 Å². The van der Waals surface area contributed by atoms with E-state index in [1.165, 1.54) is 6.92 Å². The van der Waals surface area contributed by atoms with Gasteiger partial charge in [-0.3, -0.25) is 4.79 Å². The van der Waals surface area contributed by atoms with Crippen molar-refractivity contribution in [1.82, 2.24) is 5.32 Å². The number of hydrogen-bond acceptors (Lipinski definition) is 4. The highest BCUT2D eigenvalue weighted by atomic mass is 32.2. The van der Waals surface area contributed by atoms with Crippen LogP contribution in [0, 0.1) is 0 Å². The summed E-state index contributed by atoms with van der Waals surface area (Å²) in [6.07, 6.45) is 1.07. The van der Waals surface area contributed by atoms with Crippen LogP contribution in [-0.2, 0) is 4.79 Å². The fraction of sp³-hybridized carbons (Fsp3) is 0.417. The Balaban J connectivity index is 2.78. The summed E-state index contributed by atoms with van der Waals surface area (Å²) < 4.78 is 0. The second-order valence-electron chi connectivity index (χ2n) is 3.71. The van der Waals surface area contributed by atoms with Gasteiger partial charge in [0.1, 0.15) is 6.10 Å². The third-order valence-electron chi connectivity index (χ3n) is 2.42. The van der Waals surface area contributed by atoms with E-state index in [4.69, 9.17) is 5.11 Å². The van der Waals surface area contributed by atoms with Crippen molar-refractivity contribution in [2.75, 3.05) is 12.9 Å². The van der Waals surface area contributed by atoms with Crippen LogP contribution in [-0.4, -0.2) is 35.0 Å². The molecule has 5 heteroatoms. The Labute approximate surface area is 105 Å². The van der Waals surface area contributed by atoms with E-state index in [1.807, 2.05) is 18.4 Å². The van der Waals surface area contributed by atoms with Crippen LogP contribution in [0.25, 0.3) is 0 Å². The van der Waals surface area contributed by atoms with E-state index in [1.54, 1.807) is 23.9 Å². The summed E-state index contributed by atoms with van der Waals surface area (Å²) in [4.78, 5) is 12.0. The fourth-order valence-corrected chi connectivity index (χ4v) is 1.93. The molecular weight excluding hydrogens is 238 g/mol. The smallest absolute Gasteiger partial charge is 0.217 e.